The van der Waals surface area contributed by atoms with Gasteiger partial charge in [0.2, 0.25) is 0 Å². The summed E-state index contributed by atoms with van der Waals surface area (Å²) in [5.41, 5.74) is 0.860. The fraction of sp³-hybridized carbons (Fsp3) is 0.381. The summed E-state index contributed by atoms with van der Waals surface area (Å²) < 4.78 is 18.4. The summed E-state index contributed by atoms with van der Waals surface area (Å²) in [5, 5.41) is 2.91. The summed E-state index contributed by atoms with van der Waals surface area (Å²) in [5.74, 6) is -1.78. The lowest BCUT2D eigenvalue weighted by molar-refractivity contribution is 0.0379. The van der Waals surface area contributed by atoms with E-state index in [9.17, 15) is 18.8 Å². The van der Waals surface area contributed by atoms with Gasteiger partial charge >= 0.3 is 5.97 Å². The van der Waals surface area contributed by atoms with Crippen molar-refractivity contribution in [2.45, 2.75) is 40.7 Å². The molecule has 0 saturated heterocycles. The summed E-state index contributed by atoms with van der Waals surface area (Å²) in [4.78, 5) is 40.1. The molecule has 1 aromatic heterocycles. The highest BCUT2D eigenvalue weighted by atomic mass is 32.1. The molecular weight excluding hydrogens is 395 g/mol. The first-order valence-electron chi connectivity index (χ1n) is 9.40. The Hall–Kier alpha value is -2.74. The Kier molecular flexibility index (Phi) is 7.50. The van der Waals surface area contributed by atoms with Gasteiger partial charge in [-0.15, -0.1) is 11.3 Å². The van der Waals surface area contributed by atoms with Crippen LogP contribution in [-0.4, -0.2) is 41.9 Å². The van der Waals surface area contributed by atoms with E-state index in [1.165, 1.54) is 24.3 Å². The third-order valence-corrected chi connectivity index (χ3v) is 5.47. The number of rotatable bonds is 7. The van der Waals surface area contributed by atoms with Crippen LogP contribution < -0.4 is 5.32 Å². The molecule has 0 fully saturated rings. The molecule has 6 nitrogen and oxygen atoms in total. The number of anilines is 1. The zero-order valence-electron chi connectivity index (χ0n) is 17.2. The molecule has 1 aromatic carbocycles. The summed E-state index contributed by atoms with van der Waals surface area (Å²) in [7, 11) is 0. The number of esters is 1. The molecule has 0 radical (unpaired) electrons. The second-order valence-electron chi connectivity index (χ2n) is 6.65. The zero-order valence-corrected chi connectivity index (χ0v) is 18.0. The SMILES string of the molecule is CCN(CC)C(=O)c1sc(NC(=O)c2ccc(F)cc2)c(C(=O)OC(C)C)c1C. The zero-order chi connectivity index (χ0) is 21.7. The van der Waals surface area contributed by atoms with E-state index in [4.69, 9.17) is 4.74 Å². The second-order valence-corrected chi connectivity index (χ2v) is 7.67. The molecule has 0 saturated carbocycles. The largest absolute Gasteiger partial charge is 0.459 e. The lowest BCUT2D eigenvalue weighted by Crippen LogP contribution is -2.30. The maximum atomic E-state index is 13.1. The predicted molar refractivity (Wildman–Crippen MR) is 111 cm³/mol. The average molecular weight is 421 g/mol. The number of hydrogen-bond acceptors (Lipinski definition) is 5. The van der Waals surface area contributed by atoms with Crippen LogP contribution in [0.25, 0.3) is 0 Å². The van der Waals surface area contributed by atoms with Crippen LogP contribution in [0.1, 0.15) is 63.6 Å². The van der Waals surface area contributed by atoms with Gasteiger partial charge in [0, 0.05) is 18.7 Å². The van der Waals surface area contributed by atoms with Gasteiger partial charge in [-0.05, 0) is 64.4 Å². The number of nitrogens with one attached hydrogen (secondary N) is 1. The van der Waals surface area contributed by atoms with Gasteiger partial charge in [0.25, 0.3) is 11.8 Å². The Morgan fingerprint density at radius 1 is 1.14 bits per heavy atom. The molecule has 0 unspecified atom stereocenters. The molecule has 8 heteroatoms. The van der Waals surface area contributed by atoms with Gasteiger partial charge in [0.15, 0.2) is 0 Å². The number of carbonyl (C=O) groups is 3. The van der Waals surface area contributed by atoms with Gasteiger partial charge in [0.05, 0.1) is 16.5 Å². The smallest absolute Gasteiger partial charge is 0.341 e. The standard InChI is InChI=1S/C21H25FN2O4S/c1-6-24(7-2)20(26)17-13(5)16(21(27)28-12(3)4)19(29-17)23-18(25)14-8-10-15(22)11-9-14/h8-12H,6-7H2,1-5H3,(H,23,25). The Labute approximate surface area is 173 Å². The highest BCUT2D eigenvalue weighted by molar-refractivity contribution is 7.18. The minimum atomic E-state index is -0.609. The molecule has 2 amide bonds. The van der Waals surface area contributed by atoms with Crippen LogP contribution >= 0.6 is 11.3 Å². The van der Waals surface area contributed by atoms with Crippen LogP contribution in [0.15, 0.2) is 24.3 Å². The number of thiophene rings is 1. The molecule has 0 atom stereocenters. The summed E-state index contributed by atoms with van der Waals surface area (Å²) in [6, 6.07) is 5.05. The molecular formula is C21H25FN2O4S. The molecule has 0 aliphatic carbocycles. The van der Waals surface area contributed by atoms with E-state index < -0.39 is 17.7 Å². The van der Waals surface area contributed by atoms with E-state index in [-0.39, 0.29) is 28.1 Å². The van der Waals surface area contributed by atoms with Crippen LogP contribution in [0.4, 0.5) is 9.39 Å². The molecule has 0 aliphatic rings. The summed E-state index contributed by atoms with van der Waals surface area (Å²) >= 11 is 1.04. The highest BCUT2D eigenvalue weighted by Crippen LogP contribution is 2.35. The fourth-order valence-corrected chi connectivity index (χ4v) is 3.91. The van der Waals surface area contributed by atoms with E-state index in [0.717, 1.165) is 11.3 Å². The van der Waals surface area contributed by atoms with Crippen LogP contribution in [0.5, 0.6) is 0 Å². The molecule has 1 N–H and O–H groups in total. The Balaban J connectivity index is 2.46. The first-order valence-corrected chi connectivity index (χ1v) is 10.2. The van der Waals surface area contributed by atoms with Crippen molar-refractivity contribution in [3.05, 3.63) is 51.7 Å². The number of carbonyl (C=O) groups excluding carboxylic acids is 3. The van der Waals surface area contributed by atoms with Crippen molar-refractivity contribution >= 4 is 34.1 Å². The van der Waals surface area contributed by atoms with Crippen LogP contribution in [0.3, 0.4) is 0 Å². The van der Waals surface area contributed by atoms with Gasteiger partial charge in [-0.3, -0.25) is 9.59 Å². The van der Waals surface area contributed by atoms with E-state index in [1.807, 2.05) is 13.8 Å². The predicted octanol–water partition coefficient (Wildman–Crippen LogP) is 4.50. The summed E-state index contributed by atoms with van der Waals surface area (Å²) in [6.07, 6.45) is -0.357. The van der Waals surface area contributed by atoms with Gasteiger partial charge in [0.1, 0.15) is 10.8 Å². The minimum absolute atomic E-state index is 0.162. The van der Waals surface area contributed by atoms with Gasteiger partial charge in [-0.2, -0.15) is 0 Å². The Morgan fingerprint density at radius 3 is 2.24 bits per heavy atom. The van der Waals surface area contributed by atoms with Crippen LogP contribution in [-0.2, 0) is 4.74 Å². The van der Waals surface area contributed by atoms with Gasteiger partial charge in [-0.25, -0.2) is 9.18 Å². The van der Waals surface area contributed by atoms with E-state index in [0.29, 0.717) is 23.5 Å². The third kappa shape index (κ3) is 5.20. The Morgan fingerprint density at radius 2 is 1.72 bits per heavy atom. The lowest BCUT2D eigenvalue weighted by atomic mass is 10.1. The van der Waals surface area contributed by atoms with Crippen molar-refractivity contribution in [2.75, 3.05) is 18.4 Å². The molecule has 2 rings (SSSR count). The highest BCUT2D eigenvalue weighted by Gasteiger charge is 2.29. The maximum absolute atomic E-state index is 13.1. The van der Waals surface area contributed by atoms with E-state index in [2.05, 4.69) is 5.32 Å². The molecule has 0 aliphatic heterocycles. The quantitative estimate of drug-likeness (QED) is 0.670. The summed E-state index contributed by atoms with van der Waals surface area (Å²) in [6.45, 7) is 9.89. The van der Waals surface area contributed by atoms with Gasteiger partial charge < -0.3 is 15.0 Å². The van der Waals surface area contributed by atoms with Crippen molar-refractivity contribution in [1.82, 2.24) is 4.90 Å². The molecule has 0 bridgehead atoms. The topological polar surface area (TPSA) is 75.7 Å². The van der Waals surface area contributed by atoms with Crippen molar-refractivity contribution in [1.29, 1.82) is 0 Å². The van der Waals surface area contributed by atoms with E-state index >= 15 is 0 Å². The Bertz CT molecular complexity index is 902. The van der Waals surface area contributed by atoms with Crippen molar-refractivity contribution < 1.29 is 23.5 Å². The maximum Gasteiger partial charge on any atom is 0.341 e. The first-order chi connectivity index (χ1) is 13.7. The number of ether oxygens (including phenoxy) is 1. The van der Waals surface area contributed by atoms with Crippen molar-refractivity contribution in [3.63, 3.8) is 0 Å². The fourth-order valence-electron chi connectivity index (χ4n) is 2.76. The number of hydrogen-bond donors (Lipinski definition) is 1. The second kappa shape index (κ2) is 9.65. The first kappa shape index (κ1) is 22.5. The lowest BCUT2D eigenvalue weighted by Gasteiger charge is -2.18. The monoisotopic (exact) mass is 420 g/mol. The van der Waals surface area contributed by atoms with E-state index in [1.54, 1.807) is 25.7 Å². The minimum Gasteiger partial charge on any atom is -0.459 e. The number of nitrogens with zero attached hydrogens (tertiary/aromatic N) is 1. The van der Waals surface area contributed by atoms with Gasteiger partial charge in [-0.1, -0.05) is 0 Å². The number of halogens is 1. The molecule has 1 heterocycles. The van der Waals surface area contributed by atoms with Crippen molar-refractivity contribution in [3.8, 4) is 0 Å². The normalized spacial score (nSPS) is 10.7. The van der Waals surface area contributed by atoms with Crippen LogP contribution in [0.2, 0.25) is 0 Å². The molecule has 2 aromatic rings. The molecule has 29 heavy (non-hydrogen) atoms. The molecule has 0 spiro atoms. The van der Waals surface area contributed by atoms with Crippen molar-refractivity contribution in [2.24, 2.45) is 0 Å². The van der Waals surface area contributed by atoms with Crippen LogP contribution in [0, 0.1) is 12.7 Å². The average Bonchev–Trinajstić information content (AvgIpc) is 2.98. The number of amides is 2. The number of benzene rings is 1. The third-order valence-electron chi connectivity index (χ3n) is 4.27. The molecule has 156 valence electrons.